The van der Waals surface area contributed by atoms with E-state index in [1.165, 1.54) is 51.4 Å². The smallest absolute Gasteiger partial charge is 0.332 e. The highest BCUT2D eigenvalue weighted by molar-refractivity contribution is 5.93. The SMILES string of the molecule is COc1ccc(NC(=O)Cn2c(=O)n(Cc3ccco3)c(=O)c3cc(OC)c(OC)cc32)c(OC)c1. The number of ether oxygens (including phenoxy) is 4. The number of nitrogens with one attached hydrogen (secondary N) is 1. The van der Waals surface area contributed by atoms with Crippen LogP contribution >= 0.6 is 0 Å². The molecule has 0 unspecified atom stereocenters. The van der Waals surface area contributed by atoms with E-state index in [2.05, 4.69) is 5.32 Å². The van der Waals surface area contributed by atoms with Gasteiger partial charge in [0.05, 0.1) is 57.8 Å². The van der Waals surface area contributed by atoms with Crippen molar-refractivity contribution in [3.63, 3.8) is 0 Å². The molecule has 0 aliphatic rings. The van der Waals surface area contributed by atoms with Gasteiger partial charge in [0.2, 0.25) is 5.91 Å². The van der Waals surface area contributed by atoms with Crippen LogP contribution in [0.15, 0.2) is 62.7 Å². The van der Waals surface area contributed by atoms with E-state index in [4.69, 9.17) is 23.4 Å². The second-order valence-electron chi connectivity index (χ2n) is 7.68. The Morgan fingerprint density at radius 1 is 0.889 bits per heavy atom. The topological polar surface area (TPSA) is 123 Å². The first-order valence-corrected chi connectivity index (χ1v) is 10.8. The fraction of sp³-hybridized carbons (Fsp3) is 0.240. The summed E-state index contributed by atoms with van der Waals surface area (Å²) in [5.74, 6) is 1.45. The van der Waals surface area contributed by atoms with E-state index < -0.39 is 23.7 Å². The Bertz CT molecular complexity index is 1520. The highest BCUT2D eigenvalue weighted by Gasteiger charge is 2.20. The zero-order chi connectivity index (χ0) is 25.8. The summed E-state index contributed by atoms with van der Waals surface area (Å²) in [6.07, 6.45) is 1.45. The lowest BCUT2D eigenvalue weighted by atomic mass is 10.2. The lowest BCUT2D eigenvalue weighted by Crippen LogP contribution is -2.42. The van der Waals surface area contributed by atoms with E-state index in [0.29, 0.717) is 34.4 Å². The van der Waals surface area contributed by atoms with Crippen molar-refractivity contribution >= 4 is 22.5 Å². The number of benzene rings is 2. The van der Waals surface area contributed by atoms with Gasteiger partial charge in [-0.05, 0) is 30.3 Å². The molecule has 11 nitrogen and oxygen atoms in total. The van der Waals surface area contributed by atoms with Gasteiger partial charge in [-0.1, -0.05) is 0 Å². The number of hydrogen-bond acceptors (Lipinski definition) is 8. The fourth-order valence-electron chi connectivity index (χ4n) is 3.83. The first kappa shape index (κ1) is 24.5. The summed E-state index contributed by atoms with van der Waals surface area (Å²) in [6, 6.07) is 11.2. The standard InChI is InChI=1S/C25H25N3O8/c1-32-15-7-8-18(20(10-15)33-2)26-23(29)14-27-19-12-22(35-4)21(34-3)11-17(19)24(30)28(25(27)31)13-16-6-5-9-36-16/h5-12H,13-14H2,1-4H3,(H,26,29). The predicted molar refractivity (Wildman–Crippen MR) is 132 cm³/mol. The third-order valence-electron chi connectivity index (χ3n) is 5.61. The molecule has 188 valence electrons. The maximum absolute atomic E-state index is 13.5. The van der Waals surface area contributed by atoms with Crippen LogP contribution in [0.2, 0.25) is 0 Å². The number of rotatable bonds is 9. The Morgan fingerprint density at radius 2 is 1.61 bits per heavy atom. The number of carbonyl (C=O) groups excluding carboxylic acids is 1. The number of nitrogens with zero attached hydrogens (tertiary/aromatic N) is 2. The van der Waals surface area contributed by atoms with Crippen molar-refractivity contribution in [2.75, 3.05) is 33.8 Å². The van der Waals surface area contributed by atoms with Crippen molar-refractivity contribution < 1.29 is 28.2 Å². The summed E-state index contributed by atoms with van der Waals surface area (Å²) < 4.78 is 28.7. The molecule has 4 rings (SSSR count). The van der Waals surface area contributed by atoms with E-state index in [-0.39, 0.29) is 17.4 Å². The van der Waals surface area contributed by atoms with Gasteiger partial charge in [-0.3, -0.25) is 18.7 Å². The molecule has 2 heterocycles. The van der Waals surface area contributed by atoms with Crippen molar-refractivity contribution in [3.8, 4) is 23.0 Å². The van der Waals surface area contributed by atoms with Crippen LogP contribution in [0.5, 0.6) is 23.0 Å². The van der Waals surface area contributed by atoms with Crippen molar-refractivity contribution in [1.29, 1.82) is 0 Å². The average molecular weight is 495 g/mol. The van der Waals surface area contributed by atoms with Crippen LogP contribution in [-0.2, 0) is 17.9 Å². The zero-order valence-corrected chi connectivity index (χ0v) is 20.2. The summed E-state index contributed by atoms with van der Waals surface area (Å²) >= 11 is 0. The summed E-state index contributed by atoms with van der Waals surface area (Å²) in [6.45, 7) is -0.499. The summed E-state index contributed by atoms with van der Waals surface area (Å²) in [5, 5.41) is 2.92. The van der Waals surface area contributed by atoms with Crippen molar-refractivity contribution in [3.05, 3.63) is 75.3 Å². The van der Waals surface area contributed by atoms with Gasteiger partial charge in [-0.25, -0.2) is 4.79 Å². The minimum Gasteiger partial charge on any atom is -0.497 e. The minimum atomic E-state index is -0.687. The molecular weight excluding hydrogens is 470 g/mol. The van der Waals surface area contributed by atoms with Crippen LogP contribution in [0.4, 0.5) is 5.69 Å². The quantitative estimate of drug-likeness (QED) is 0.376. The molecular formula is C25H25N3O8. The summed E-state index contributed by atoms with van der Waals surface area (Å²) in [7, 11) is 5.86. The van der Waals surface area contributed by atoms with Gasteiger partial charge in [0.25, 0.3) is 5.56 Å². The van der Waals surface area contributed by atoms with Gasteiger partial charge in [0.1, 0.15) is 23.8 Å². The summed E-state index contributed by atoms with van der Waals surface area (Å²) in [5.41, 5.74) is -0.632. The molecule has 0 radical (unpaired) electrons. The van der Waals surface area contributed by atoms with Crippen molar-refractivity contribution in [2.45, 2.75) is 13.1 Å². The molecule has 0 aliphatic heterocycles. The first-order valence-electron chi connectivity index (χ1n) is 10.8. The number of carbonyl (C=O) groups is 1. The number of anilines is 1. The Hall–Kier alpha value is -4.67. The minimum absolute atomic E-state index is 0.108. The highest BCUT2D eigenvalue weighted by Crippen LogP contribution is 2.31. The monoisotopic (exact) mass is 495 g/mol. The Kier molecular flexibility index (Phi) is 7.00. The molecule has 1 amide bonds. The first-order chi connectivity index (χ1) is 17.4. The number of hydrogen-bond donors (Lipinski definition) is 1. The van der Waals surface area contributed by atoms with E-state index in [0.717, 1.165) is 4.57 Å². The number of furan rings is 1. The predicted octanol–water partition coefficient (Wildman–Crippen LogP) is 2.48. The molecule has 0 fully saturated rings. The lowest BCUT2D eigenvalue weighted by molar-refractivity contribution is -0.116. The molecule has 0 saturated heterocycles. The lowest BCUT2D eigenvalue weighted by Gasteiger charge is -2.16. The third kappa shape index (κ3) is 4.63. The number of amides is 1. The molecule has 0 saturated carbocycles. The molecule has 0 spiro atoms. The van der Waals surface area contributed by atoms with Crippen LogP contribution in [0.25, 0.3) is 10.9 Å². The van der Waals surface area contributed by atoms with Crippen LogP contribution in [-0.4, -0.2) is 43.5 Å². The molecule has 0 bridgehead atoms. The molecule has 36 heavy (non-hydrogen) atoms. The molecule has 2 aromatic carbocycles. The second kappa shape index (κ2) is 10.3. The van der Waals surface area contributed by atoms with Gasteiger partial charge in [0.15, 0.2) is 11.5 Å². The van der Waals surface area contributed by atoms with E-state index in [9.17, 15) is 14.4 Å². The molecule has 0 aliphatic carbocycles. The van der Waals surface area contributed by atoms with Crippen LogP contribution < -0.4 is 35.5 Å². The van der Waals surface area contributed by atoms with E-state index in [1.54, 1.807) is 30.3 Å². The van der Waals surface area contributed by atoms with Crippen LogP contribution in [0.1, 0.15) is 5.76 Å². The van der Waals surface area contributed by atoms with Gasteiger partial charge >= 0.3 is 5.69 Å². The normalized spacial score (nSPS) is 10.8. The maximum Gasteiger partial charge on any atom is 0.332 e. The Balaban J connectivity index is 1.82. The van der Waals surface area contributed by atoms with Crippen LogP contribution in [0, 0.1) is 0 Å². The molecule has 1 N–H and O–H groups in total. The van der Waals surface area contributed by atoms with Crippen molar-refractivity contribution in [1.82, 2.24) is 9.13 Å². The molecule has 0 atom stereocenters. The Labute approximate surface area is 205 Å². The van der Waals surface area contributed by atoms with Gasteiger partial charge in [0, 0.05) is 12.1 Å². The Morgan fingerprint density at radius 3 is 2.25 bits per heavy atom. The van der Waals surface area contributed by atoms with Gasteiger partial charge in [-0.15, -0.1) is 0 Å². The largest absolute Gasteiger partial charge is 0.497 e. The maximum atomic E-state index is 13.5. The molecule has 4 aromatic rings. The average Bonchev–Trinajstić information content (AvgIpc) is 3.41. The highest BCUT2D eigenvalue weighted by atomic mass is 16.5. The van der Waals surface area contributed by atoms with Gasteiger partial charge in [-0.2, -0.15) is 0 Å². The third-order valence-corrected chi connectivity index (χ3v) is 5.61. The van der Waals surface area contributed by atoms with Crippen molar-refractivity contribution in [2.24, 2.45) is 0 Å². The second-order valence-corrected chi connectivity index (χ2v) is 7.68. The van der Waals surface area contributed by atoms with Crippen LogP contribution in [0.3, 0.4) is 0 Å². The number of methoxy groups -OCH3 is 4. The molecule has 11 heteroatoms. The van der Waals surface area contributed by atoms with E-state index >= 15 is 0 Å². The van der Waals surface area contributed by atoms with Gasteiger partial charge < -0.3 is 28.7 Å². The van der Waals surface area contributed by atoms with E-state index in [1.807, 2.05) is 0 Å². The fourth-order valence-corrected chi connectivity index (χ4v) is 3.83. The number of fused-ring (bicyclic) bond motifs is 1. The number of aromatic nitrogens is 2. The molecule has 2 aromatic heterocycles. The zero-order valence-electron chi connectivity index (χ0n) is 20.2. The summed E-state index contributed by atoms with van der Waals surface area (Å²) in [4.78, 5) is 39.8.